The van der Waals surface area contributed by atoms with E-state index in [0.717, 1.165) is 6.42 Å². The molecule has 104 valence electrons. The number of hydrogen-bond donors (Lipinski definition) is 2. The number of anilines is 1. The Kier molecular flexibility index (Phi) is 4.29. The second-order valence-corrected chi connectivity index (χ2v) is 4.98. The molecule has 1 fully saturated rings. The molecule has 0 bridgehead atoms. The molecule has 2 rings (SSSR count). The third-order valence-corrected chi connectivity index (χ3v) is 3.66. The molecule has 5 nitrogen and oxygen atoms in total. The van der Waals surface area contributed by atoms with E-state index < -0.39 is 5.60 Å². The van der Waals surface area contributed by atoms with Gasteiger partial charge in [-0.3, -0.25) is 4.79 Å². The summed E-state index contributed by atoms with van der Waals surface area (Å²) in [5, 5.41) is 3.15. The van der Waals surface area contributed by atoms with Crippen LogP contribution in [0.4, 0.5) is 5.69 Å². The summed E-state index contributed by atoms with van der Waals surface area (Å²) in [6, 6.07) is 4.99. The maximum atomic E-state index is 12.1. The first-order chi connectivity index (χ1) is 9.08. The zero-order chi connectivity index (χ0) is 13.9. The first kappa shape index (κ1) is 14.1. The molecule has 19 heavy (non-hydrogen) atoms. The Morgan fingerprint density at radius 3 is 3.00 bits per heavy atom. The molecule has 1 saturated heterocycles. The van der Waals surface area contributed by atoms with E-state index in [2.05, 4.69) is 5.32 Å². The fraction of sp³-hybridized carbons (Fsp3) is 0.462. The minimum Gasteiger partial charge on any atom is -0.398 e. The van der Waals surface area contributed by atoms with Crippen LogP contribution in [0.15, 0.2) is 18.2 Å². The predicted octanol–water partition coefficient (Wildman–Crippen LogP) is 1.46. The number of methoxy groups -OCH3 is 1. The Labute approximate surface area is 117 Å². The third kappa shape index (κ3) is 3.00. The molecule has 0 saturated carbocycles. The molecule has 1 aliphatic rings. The highest BCUT2D eigenvalue weighted by atomic mass is 35.5. The fourth-order valence-corrected chi connectivity index (χ4v) is 2.34. The predicted molar refractivity (Wildman–Crippen MR) is 73.4 cm³/mol. The van der Waals surface area contributed by atoms with Crippen LogP contribution in [0.5, 0.6) is 0 Å². The Morgan fingerprint density at radius 2 is 2.42 bits per heavy atom. The van der Waals surface area contributed by atoms with Gasteiger partial charge in [0, 0.05) is 32.4 Å². The number of hydrogen-bond acceptors (Lipinski definition) is 4. The Hall–Kier alpha value is -1.30. The lowest BCUT2D eigenvalue weighted by Crippen LogP contribution is -2.45. The van der Waals surface area contributed by atoms with Crippen LogP contribution in [0.25, 0.3) is 0 Å². The summed E-state index contributed by atoms with van der Waals surface area (Å²) in [4.78, 5) is 12.1. The van der Waals surface area contributed by atoms with E-state index in [4.69, 9.17) is 26.8 Å². The Balaban J connectivity index is 2.05. The number of rotatable bonds is 4. The topological polar surface area (TPSA) is 73.6 Å². The zero-order valence-corrected chi connectivity index (χ0v) is 11.5. The molecule has 1 atom stereocenters. The van der Waals surface area contributed by atoms with E-state index in [0.29, 0.717) is 36.0 Å². The molecule has 1 amide bonds. The summed E-state index contributed by atoms with van der Waals surface area (Å²) in [6.07, 6.45) is 0.752. The van der Waals surface area contributed by atoms with Gasteiger partial charge in [-0.05, 0) is 12.1 Å². The lowest BCUT2D eigenvalue weighted by molar-refractivity contribution is -0.0148. The highest BCUT2D eigenvalue weighted by Gasteiger charge is 2.35. The van der Waals surface area contributed by atoms with Gasteiger partial charge < -0.3 is 20.5 Å². The van der Waals surface area contributed by atoms with Crippen LogP contribution in [0.1, 0.15) is 16.8 Å². The molecule has 1 heterocycles. The largest absolute Gasteiger partial charge is 0.398 e. The summed E-state index contributed by atoms with van der Waals surface area (Å²) in [5.41, 5.74) is 5.98. The van der Waals surface area contributed by atoms with Crippen molar-refractivity contribution in [3.05, 3.63) is 28.8 Å². The number of carbonyl (C=O) groups is 1. The average molecular weight is 285 g/mol. The van der Waals surface area contributed by atoms with E-state index >= 15 is 0 Å². The Bertz CT molecular complexity index is 453. The van der Waals surface area contributed by atoms with E-state index in [1.54, 1.807) is 25.3 Å². The van der Waals surface area contributed by atoms with Gasteiger partial charge >= 0.3 is 0 Å². The minimum absolute atomic E-state index is 0.300. The van der Waals surface area contributed by atoms with Gasteiger partial charge in [0.25, 0.3) is 5.91 Å². The summed E-state index contributed by atoms with van der Waals surface area (Å²) in [7, 11) is 1.62. The molecule has 3 N–H and O–H groups in total. The van der Waals surface area contributed by atoms with Crippen molar-refractivity contribution in [1.82, 2.24) is 5.32 Å². The van der Waals surface area contributed by atoms with Crippen LogP contribution in [0, 0.1) is 0 Å². The van der Waals surface area contributed by atoms with Gasteiger partial charge in [0.15, 0.2) is 0 Å². The van der Waals surface area contributed by atoms with E-state index in [1.807, 2.05) is 0 Å². The second-order valence-electron chi connectivity index (χ2n) is 4.58. The highest BCUT2D eigenvalue weighted by Crippen LogP contribution is 2.24. The Morgan fingerprint density at radius 1 is 1.63 bits per heavy atom. The van der Waals surface area contributed by atoms with Crippen molar-refractivity contribution in [2.75, 3.05) is 32.6 Å². The number of halogens is 1. The summed E-state index contributed by atoms with van der Waals surface area (Å²) < 4.78 is 10.8. The summed E-state index contributed by atoms with van der Waals surface area (Å²) >= 11 is 5.99. The monoisotopic (exact) mass is 284 g/mol. The summed E-state index contributed by atoms with van der Waals surface area (Å²) in [6.45, 7) is 1.48. The van der Waals surface area contributed by atoms with Crippen molar-refractivity contribution >= 4 is 23.2 Å². The number of nitrogen functional groups attached to an aromatic ring is 1. The lowest BCUT2D eigenvalue weighted by Gasteiger charge is -2.26. The molecular formula is C13H17ClN2O3. The van der Waals surface area contributed by atoms with Crippen LogP contribution in [-0.4, -0.2) is 38.4 Å². The zero-order valence-electron chi connectivity index (χ0n) is 10.7. The molecule has 0 spiro atoms. The van der Waals surface area contributed by atoms with Crippen LogP contribution < -0.4 is 11.1 Å². The van der Waals surface area contributed by atoms with E-state index in [1.165, 1.54) is 0 Å². The standard InChI is InChI=1S/C13H17ClN2O3/c1-18-13(5-6-19-8-13)7-16-12(17)11-9(14)3-2-4-10(11)15/h2-4H,5-8,15H2,1H3,(H,16,17). The number of amides is 1. The number of benzene rings is 1. The molecule has 1 aliphatic heterocycles. The molecule has 0 radical (unpaired) electrons. The van der Waals surface area contributed by atoms with Gasteiger partial charge in [-0.15, -0.1) is 0 Å². The molecule has 6 heteroatoms. The van der Waals surface area contributed by atoms with Crippen molar-refractivity contribution in [2.24, 2.45) is 0 Å². The smallest absolute Gasteiger partial charge is 0.254 e. The SMILES string of the molecule is COC1(CNC(=O)c2c(N)cccc2Cl)CCOC1. The van der Waals surface area contributed by atoms with Crippen molar-refractivity contribution < 1.29 is 14.3 Å². The first-order valence-corrected chi connectivity index (χ1v) is 6.41. The minimum atomic E-state index is -0.453. The van der Waals surface area contributed by atoms with Gasteiger partial charge in [0.2, 0.25) is 0 Å². The van der Waals surface area contributed by atoms with Crippen LogP contribution in [-0.2, 0) is 9.47 Å². The van der Waals surface area contributed by atoms with Crippen LogP contribution >= 0.6 is 11.6 Å². The molecule has 0 aliphatic carbocycles. The number of nitrogens with two attached hydrogens (primary N) is 1. The van der Waals surface area contributed by atoms with E-state index in [9.17, 15) is 4.79 Å². The maximum Gasteiger partial charge on any atom is 0.254 e. The molecule has 1 aromatic rings. The second kappa shape index (κ2) is 5.77. The van der Waals surface area contributed by atoms with Crippen molar-refractivity contribution in [2.45, 2.75) is 12.0 Å². The number of ether oxygens (including phenoxy) is 2. The molecular weight excluding hydrogens is 268 g/mol. The van der Waals surface area contributed by atoms with Crippen molar-refractivity contribution in [3.8, 4) is 0 Å². The molecule has 1 unspecified atom stereocenters. The third-order valence-electron chi connectivity index (χ3n) is 3.34. The quantitative estimate of drug-likeness (QED) is 0.821. The average Bonchev–Trinajstić information content (AvgIpc) is 2.86. The van der Waals surface area contributed by atoms with Crippen molar-refractivity contribution in [3.63, 3.8) is 0 Å². The number of carbonyl (C=O) groups excluding carboxylic acids is 1. The van der Waals surface area contributed by atoms with E-state index in [-0.39, 0.29) is 5.91 Å². The fourth-order valence-electron chi connectivity index (χ4n) is 2.07. The lowest BCUT2D eigenvalue weighted by atomic mass is 10.0. The maximum absolute atomic E-state index is 12.1. The van der Waals surface area contributed by atoms with Crippen molar-refractivity contribution in [1.29, 1.82) is 0 Å². The normalized spacial score (nSPS) is 22.4. The van der Waals surface area contributed by atoms with Gasteiger partial charge in [-0.1, -0.05) is 17.7 Å². The van der Waals surface area contributed by atoms with Crippen LogP contribution in [0.3, 0.4) is 0 Å². The van der Waals surface area contributed by atoms with Gasteiger partial charge in [-0.25, -0.2) is 0 Å². The first-order valence-electron chi connectivity index (χ1n) is 6.03. The van der Waals surface area contributed by atoms with Gasteiger partial charge in [0.1, 0.15) is 5.60 Å². The van der Waals surface area contributed by atoms with Gasteiger partial charge in [0.05, 0.1) is 17.2 Å². The van der Waals surface area contributed by atoms with Crippen LogP contribution in [0.2, 0.25) is 5.02 Å². The highest BCUT2D eigenvalue weighted by molar-refractivity contribution is 6.34. The number of nitrogens with one attached hydrogen (secondary N) is 1. The summed E-state index contributed by atoms with van der Waals surface area (Å²) in [5.74, 6) is -0.300. The van der Waals surface area contributed by atoms with Gasteiger partial charge in [-0.2, -0.15) is 0 Å². The molecule has 0 aromatic heterocycles. The molecule has 1 aromatic carbocycles.